The van der Waals surface area contributed by atoms with Gasteiger partial charge in [0.05, 0.1) is 5.69 Å². The molecule has 0 amide bonds. The monoisotopic (exact) mass is 321 g/mol. The van der Waals surface area contributed by atoms with Crippen LogP contribution in [0, 0.1) is 13.8 Å². The topological polar surface area (TPSA) is 29.9 Å². The fraction of sp³-hybridized carbons (Fsp3) is 0.400. The molecule has 0 spiro atoms. The van der Waals surface area contributed by atoms with E-state index in [2.05, 4.69) is 62.2 Å². The molecule has 0 saturated carbocycles. The molecule has 0 unspecified atom stereocenters. The zero-order chi connectivity index (χ0) is 13.7. The Morgan fingerprint density at radius 2 is 2.05 bits per heavy atom. The second kappa shape index (κ2) is 6.87. The van der Waals surface area contributed by atoms with Crippen molar-refractivity contribution >= 4 is 15.9 Å². The average molecular weight is 322 g/mol. The summed E-state index contributed by atoms with van der Waals surface area (Å²) in [5.41, 5.74) is 3.63. The smallest absolute Gasteiger partial charge is 0.0596 e. The Hall–Kier alpha value is -1.13. The normalized spacial score (nSPS) is 10.9. The maximum absolute atomic E-state index is 4.46. The maximum Gasteiger partial charge on any atom is 0.0596 e. The summed E-state index contributed by atoms with van der Waals surface area (Å²) in [5.74, 6) is 0. The van der Waals surface area contributed by atoms with Crippen molar-refractivity contribution in [2.45, 2.75) is 33.4 Å². The first-order valence-corrected chi connectivity index (χ1v) is 7.41. The van der Waals surface area contributed by atoms with Crippen LogP contribution in [0.25, 0.3) is 0 Å². The van der Waals surface area contributed by atoms with Crippen LogP contribution in [0.2, 0.25) is 0 Å². The quantitative estimate of drug-likeness (QED) is 0.826. The van der Waals surface area contributed by atoms with Crippen LogP contribution in [-0.2, 0) is 13.1 Å². The summed E-state index contributed by atoms with van der Waals surface area (Å²) in [7, 11) is 0. The molecule has 0 aliphatic carbocycles. The summed E-state index contributed by atoms with van der Waals surface area (Å²) < 4.78 is 3.25. The lowest BCUT2D eigenvalue weighted by molar-refractivity contribution is 0.532. The third kappa shape index (κ3) is 4.18. The van der Waals surface area contributed by atoms with Crippen molar-refractivity contribution < 1.29 is 0 Å². The molecule has 1 aromatic carbocycles. The molecule has 4 heteroatoms. The van der Waals surface area contributed by atoms with Gasteiger partial charge in [-0.25, -0.2) is 0 Å². The zero-order valence-corrected chi connectivity index (χ0v) is 13.1. The van der Waals surface area contributed by atoms with Crippen LogP contribution < -0.4 is 5.32 Å². The van der Waals surface area contributed by atoms with Gasteiger partial charge in [-0.2, -0.15) is 5.10 Å². The second-order valence-corrected chi connectivity index (χ2v) is 5.63. The largest absolute Gasteiger partial charge is 0.313 e. The molecule has 0 radical (unpaired) electrons. The molecular weight excluding hydrogens is 302 g/mol. The first kappa shape index (κ1) is 14.3. The Balaban J connectivity index is 1.70. The first-order valence-electron chi connectivity index (χ1n) is 6.62. The van der Waals surface area contributed by atoms with Crippen molar-refractivity contribution in [2.24, 2.45) is 0 Å². The molecule has 19 heavy (non-hydrogen) atoms. The van der Waals surface area contributed by atoms with Gasteiger partial charge in [-0.1, -0.05) is 34.1 Å². The first-order chi connectivity index (χ1) is 9.16. The molecule has 0 aliphatic rings. The van der Waals surface area contributed by atoms with Crippen molar-refractivity contribution in [1.82, 2.24) is 15.1 Å². The predicted molar refractivity (Wildman–Crippen MR) is 82.2 cm³/mol. The van der Waals surface area contributed by atoms with Crippen molar-refractivity contribution in [3.8, 4) is 0 Å². The molecule has 1 N–H and O–H groups in total. The molecule has 0 atom stereocenters. The van der Waals surface area contributed by atoms with Crippen molar-refractivity contribution in [3.05, 3.63) is 51.8 Å². The highest BCUT2D eigenvalue weighted by atomic mass is 79.9. The lowest BCUT2D eigenvalue weighted by Crippen LogP contribution is -2.17. The summed E-state index contributed by atoms with van der Waals surface area (Å²) in [6.45, 7) is 7.02. The van der Waals surface area contributed by atoms with Crippen LogP contribution in [0.1, 0.15) is 23.4 Å². The van der Waals surface area contributed by atoms with E-state index in [4.69, 9.17) is 0 Å². The number of hydrogen-bond acceptors (Lipinski definition) is 2. The predicted octanol–water partition coefficient (Wildman–Crippen LogP) is 3.44. The summed E-state index contributed by atoms with van der Waals surface area (Å²) in [6.07, 6.45) is 1.09. The van der Waals surface area contributed by atoms with Crippen LogP contribution in [0.3, 0.4) is 0 Å². The van der Waals surface area contributed by atoms with E-state index in [-0.39, 0.29) is 0 Å². The zero-order valence-electron chi connectivity index (χ0n) is 11.5. The number of nitrogens with zero attached hydrogens (tertiary/aromatic N) is 2. The Bertz CT molecular complexity index is 534. The summed E-state index contributed by atoms with van der Waals surface area (Å²) >= 11 is 3.56. The van der Waals surface area contributed by atoms with E-state index in [0.29, 0.717) is 0 Å². The highest BCUT2D eigenvalue weighted by Gasteiger charge is 2.00. The van der Waals surface area contributed by atoms with Gasteiger partial charge < -0.3 is 5.32 Å². The third-order valence-electron chi connectivity index (χ3n) is 3.10. The van der Waals surface area contributed by atoms with E-state index in [1.165, 1.54) is 15.7 Å². The Morgan fingerprint density at radius 3 is 2.74 bits per heavy atom. The number of hydrogen-bond donors (Lipinski definition) is 1. The second-order valence-electron chi connectivity index (χ2n) is 4.77. The van der Waals surface area contributed by atoms with Crippen molar-refractivity contribution in [2.75, 3.05) is 6.54 Å². The molecule has 0 saturated heterocycles. The van der Waals surface area contributed by atoms with Gasteiger partial charge >= 0.3 is 0 Å². The number of halogens is 1. The van der Waals surface area contributed by atoms with E-state index < -0.39 is 0 Å². The molecule has 0 bridgehead atoms. The van der Waals surface area contributed by atoms with Gasteiger partial charge in [0.25, 0.3) is 0 Å². The molecule has 2 aromatic rings. The number of nitrogens with one attached hydrogen (secondary N) is 1. The highest BCUT2D eigenvalue weighted by molar-refractivity contribution is 9.10. The minimum Gasteiger partial charge on any atom is -0.313 e. The highest BCUT2D eigenvalue weighted by Crippen LogP contribution is 2.15. The van der Waals surface area contributed by atoms with Crippen LogP contribution in [0.5, 0.6) is 0 Å². The van der Waals surface area contributed by atoms with E-state index in [0.717, 1.165) is 31.7 Å². The lowest BCUT2D eigenvalue weighted by atomic mass is 10.2. The molecule has 0 fully saturated rings. The molecule has 1 aromatic heterocycles. The van der Waals surface area contributed by atoms with Gasteiger partial charge in [0.2, 0.25) is 0 Å². The standard InChI is InChI=1S/C15H20BrN3/c1-12-10-13(2)19(18-12)9-5-8-17-11-14-6-3-4-7-15(14)16/h3-4,6-7,10,17H,5,8-9,11H2,1-2H3. The number of rotatable bonds is 6. The van der Waals surface area contributed by atoms with Gasteiger partial charge in [0.1, 0.15) is 0 Å². The average Bonchev–Trinajstić information content (AvgIpc) is 2.70. The van der Waals surface area contributed by atoms with Crippen LogP contribution in [0.4, 0.5) is 0 Å². The van der Waals surface area contributed by atoms with Gasteiger partial charge in [0.15, 0.2) is 0 Å². The molecule has 102 valence electrons. The van der Waals surface area contributed by atoms with Crippen molar-refractivity contribution in [1.29, 1.82) is 0 Å². The Kier molecular flexibility index (Phi) is 5.16. The number of aryl methyl sites for hydroxylation is 3. The van der Waals surface area contributed by atoms with E-state index in [1.807, 2.05) is 13.0 Å². The fourth-order valence-electron chi connectivity index (χ4n) is 2.12. The Morgan fingerprint density at radius 1 is 1.26 bits per heavy atom. The van der Waals surface area contributed by atoms with Crippen molar-refractivity contribution in [3.63, 3.8) is 0 Å². The summed E-state index contributed by atoms with van der Waals surface area (Å²) in [6, 6.07) is 10.4. The molecule has 0 aliphatic heterocycles. The molecular formula is C15H20BrN3. The fourth-order valence-corrected chi connectivity index (χ4v) is 2.54. The van der Waals surface area contributed by atoms with Crippen LogP contribution in [0.15, 0.2) is 34.8 Å². The van der Waals surface area contributed by atoms with Gasteiger partial charge in [-0.15, -0.1) is 0 Å². The molecule has 2 rings (SSSR count). The van der Waals surface area contributed by atoms with Crippen LogP contribution >= 0.6 is 15.9 Å². The lowest BCUT2D eigenvalue weighted by Gasteiger charge is -2.07. The molecule has 1 heterocycles. The minimum absolute atomic E-state index is 0.901. The third-order valence-corrected chi connectivity index (χ3v) is 3.87. The number of benzene rings is 1. The summed E-state index contributed by atoms with van der Waals surface area (Å²) in [4.78, 5) is 0. The van der Waals surface area contributed by atoms with Gasteiger partial charge in [-0.3, -0.25) is 4.68 Å². The molecule has 3 nitrogen and oxygen atoms in total. The van der Waals surface area contributed by atoms with E-state index in [9.17, 15) is 0 Å². The van der Waals surface area contributed by atoms with E-state index in [1.54, 1.807) is 0 Å². The van der Waals surface area contributed by atoms with E-state index >= 15 is 0 Å². The minimum atomic E-state index is 0.901. The van der Waals surface area contributed by atoms with Gasteiger partial charge in [0, 0.05) is 23.3 Å². The Labute approximate surface area is 123 Å². The summed E-state index contributed by atoms with van der Waals surface area (Å²) in [5, 5.41) is 7.93. The van der Waals surface area contributed by atoms with Gasteiger partial charge in [-0.05, 0) is 44.5 Å². The SMILES string of the molecule is Cc1cc(C)n(CCCNCc2ccccc2Br)n1. The number of aromatic nitrogens is 2. The maximum atomic E-state index is 4.46. The van der Waals surface area contributed by atoms with Crippen LogP contribution in [-0.4, -0.2) is 16.3 Å².